The van der Waals surface area contributed by atoms with Crippen molar-refractivity contribution in [1.82, 2.24) is 10.9 Å². The first-order valence-corrected chi connectivity index (χ1v) is 9.65. The molecule has 7 nitrogen and oxygen atoms in total. The lowest BCUT2D eigenvalue weighted by Crippen LogP contribution is -2.41. The Morgan fingerprint density at radius 3 is 2.29 bits per heavy atom. The molecule has 28 heavy (non-hydrogen) atoms. The first-order chi connectivity index (χ1) is 13.3. The number of ketones is 1. The first-order valence-electron chi connectivity index (χ1n) is 8.84. The Labute approximate surface area is 168 Å². The topological polar surface area (TPSA) is 93.7 Å². The van der Waals surface area contributed by atoms with Crippen LogP contribution in [0.15, 0.2) is 30.3 Å². The van der Waals surface area contributed by atoms with Crippen molar-refractivity contribution in [2.75, 3.05) is 13.7 Å². The van der Waals surface area contributed by atoms with Crippen molar-refractivity contribution >= 4 is 28.9 Å². The lowest BCUT2D eigenvalue weighted by molar-refractivity contribution is 0.0848. The Morgan fingerprint density at radius 1 is 1.00 bits per heavy atom. The zero-order valence-electron chi connectivity index (χ0n) is 16.3. The van der Waals surface area contributed by atoms with Crippen molar-refractivity contribution < 1.29 is 23.9 Å². The third-order valence-corrected chi connectivity index (χ3v) is 5.03. The van der Waals surface area contributed by atoms with E-state index >= 15 is 0 Å². The van der Waals surface area contributed by atoms with E-state index in [1.54, 1.807) is 24.3 Å². The van der Waals surface area contributed by atoms with Crippen LogP contribution in [0.2, 0.25) is 0 Å². The number of carbonyl (C=O) groups excluding carboxylic acids is 3. The molecule has 8 heteroatoms. The van der Waals surface area contributed by atoms with Crippen LogP contribution in [0.25, 0.3) is 0 Å². The zero-order chi connectivity index (χ0) is 20.7. The van der Waals surface area contributed by atoms with E-state index in [9.17, 15) is 14.4 Å². The minimum Gasteiger partial charge on any atom is -0.493 e. The number of Topliss-reactive ketones (excluding diaryl/α,β-unsaturated/α-hetero) is 1. The minimum atomic E-state index is -0.497. The molecule has 0 unspecified atom stereocenters. The van der Waals surface area contributed by atoms with E-state index in [-0.39, 0.29) is 5.78 Å². The van der Waals surface area contributed by atoms with Crippen molar-refractivity contribution in [3.05, 3.63) is 45.6 Å². The van der Waals surface area contributed by atoms with E-state index in [4.69, 9.17) is 9.47 Å². The quantitative estimate of drug-likeness (QED) is 0.519. The molecule has 0 saturated carbocycles. The number of hydrogen-bond donors (Lipinski definition) is 2. The van der Waals surface area contributed by atoms with Gasteiger partial charge in [0.15, 0.2) is 17.3 Å². The largest absolute Gasteiger partial charge is 0.493 e. The molecule has 0 bridgehead atoms. The molecule has 2 aromatic rings. The number of thiophene rings is 1. The maximum atomic E-state index is 12.3. The van der Waals surface area contributed by atoms with E-state index in [0.717, 1.165) is 17.8 Å². The maximum absolute atomic E-state index is 12.3. The second kappa shape index (κ2) is 9.89. The first kappa shape index (κ1) is 21.4. The highest BCUT2D eigenvalue weighted by Crippen LogP contribution is 2.28. The summed E-state index contributed by atoms with van der Waals surface area (Å²) in [5, 5.41) is 0. The van der Waals surface area contributed by atoms with Crippen LogP contribution in [-0.2, 0) is 0 Å². The summed E-state index contributed by atoms with van der Waals surface area (Å²) in [6, 6.07) is 7.91. The standard InChI is InChI=1S/C20H24N2O5S/c1-12(2)9-10-27-15-6-5-14(11-16(15)26-4)19(24)21-22-20(25)18-8-7-17(28-18)13(3)23/h5-8,11-12H,9-10H2,1-4H3,(H,21,24)(H,22,25). The number of benzene rings is 1. The van der Waals surface area contributed by atoms with Gasteiger partial charge in [0.2, 0.25) is 0 Å². The fraction of sp³-hybridized carbons (Fsp3) is 0.350. The van der Waals surface area contributed by atoms with E-state index < -0.39 is 11.8 Å². The van der Waals surface area contributed by atoms with Crippen LogP contribution in [0.1, 0.15) is 56.9 Å². The summed E-state index contributed by atoms with van der Waals surface area (Å²) in [4.78, 5) is 36.5. The van der Waals surface area contributed by atoms with Gasteiger partial charge in [-0.1, -0.05) is 13.8 Å². The van der Waals surface area contributed by atoms with Crippen molar-refractivity contribution in [2.24, 2.45) is 5.92 Å². The molecule has 0 aliphatic carbocycles. The Hall–Kier alpha value is -2.87. The van der Waals surface area contributed by atoms with Gasteiger partial charge in [-0.2, -0.15) is 0 Å². The molecule has 2 N–H and O–H groups in total. The second-order valence-electron chi connectivity index (χ2n) is 6.52. The van der Waals surface area contributed by atoms with Gasteiger partial charge in [-0.25, -0.2) is 0 Å². The molecular weight excluding hydrogens is 380 g/mol. The van der Waals surface area contributed by atoms with Gasteiger partial charge in [-0.05, 0) is 49.6 Å². The second-order valence-corrected chi connectivity index (χ2v) is 7.61. The Balaban J connectivity index is 1.97. The number of hydrogen-bond acceptors (Lipinski definition) is 6. The van der Waals surface area contributed by atoms with Crippen molar-refractivity contribution in [1.29, 1.82) is 0 Å². The average Bonchev–Trinajstić information content (AvgIpc) is 3.16. The van der Waals surface area contributed by atoms with Crippen LogP contribution in [0, 0.1) is 5.92 Å². The highest BCUT2D eigenvalue weighted by atomic mass is 32.1. The van der Waals surface area contributed by atoms with Crippen LogP contribution in [0.4, 0.5) is 0 Å². The Morgan fingerprint density at radius 2 is 1.68 bits per heavy atom. The normalized spacial score (nSPS) is 10.5. The third kappa shape index (κ3) is 5.82. The smallest absolute Gasteiger partial charge is 0.279 e. The number of carbonyl (C=O) groups is 3. The van der Waals surface area contributed by atoms with E-state index in [0.29, 0.717) is 39.3 Å². The SMILES string of the molecule is COc1cc(C(=O)NNC(=O)c2ccc(C(C)=O)s2)ccc1OCCC(C)C. The maximum Gasteiger partial charge on any atom is 0.279 e. The number of methoxy groups -OCH3 is 1. The number of rotatable bonds is 8. The summed E-state index contributed by atoms with van der Waals surface area (Å²) in [7, 11) is 1.50. The van der Waals surface area contributed by atoms with Crippen LogP contribution < -0.4 is 20.3 Å². The molecule has 0 aliphatic rings. The van der Waals surface area contributed by atoms with Crippen LogP contribution >= 0.6 is 11.3 Å². The van der Waals surface area contributed by atoms with Crippen LogP contribution in [-0.4, -0.2) is 31.3 Å². The molecule has 150 valence electrons. The molecule has 1 aromatic carbocycles. The monoisotopic (exact) mass is 404 g/mol. The summed E-state index contributed by atoms with van der Waals surface area (Å²) >= 11 is 1.06. The fourth-order valence-corrected chi connectivity index (χ4v) is 3.03. The summed E-state index contributed by atoms with van der Waals surface area (Å²) in [6.07, 6.45) is 0.908. The Bertz CT molecular complexity index is 860. The molecule has 0 radical (unpaired) electrons. The van der Waals surface area contributed by atoms with E-state index in [1.165, 1.54) is 20.1 Å². The number of hydrazine groups is 1. The average molecular weight is 404 g/mol. The zero-order valence-corrected chi connectivity index (χ0v) is 17.1. The molecular formula is C20H24N2O5S. The lowest BCUT2D eigenvalue weighted by Gasteiger charge is -2.13. The predicted octanol–water partition coefficient (Wildman–Crippen LogP) is 3.46. The number of nitrogens with one attached hydrogen (secondary N) is 2. The molecule has 0 atom stereocenters. The van der Waals surface area contributed by atoms with Gasteiger partial charge in [-0.3, -0.25) is 25.2 Å². The predicted molar refractivity (Wildman–Crippen MR) is 107 cm³/mol. The van der Waals surface area contributed by atoms with Crippen LogP contribution in [0.3, 0.4) is 0 Å². The summed E-state index contributed by atoms with van der Waals surface area (Å²) in [5.74, 6) is 0.409. The highest BCUT2D eigenvalue weighted by Gasteiger charge is 2.15. The molecule has 0 saturated heterocycles. The van der Waals surface area contributed by atoms with Crippen LogP contribution in [0.5, 0.6) is 11.5 Å². The van der Waals surface area contributed by atoms with Gasteiger partial charge in [0.05, 0.1) is 23.5 Å². The van der Waals surface area contributed by atoms with Gasteiger partial charge < -0.3 is 9.47 Å². The molecule has 0 fully saturated rings. The van der Waals surface area contributed by atoms with Crippen molar-refractivity contribution in [2.45, 2.75) is 27.2 Å². The molecule has 2 amide bonds. The minimum absolute atomic E-state index is 0.115. The summed E-state index contributed by atoms with van der Waals surface area (Å²) in [6.45, 7) is 6.20. The van der Waals surface area contributed by atoms with Gasteiger partial charge in [0.25, 0.3) is 11.8 Å². The number of ether oxygens (including phenoxy) is 2. The molecule has 0 aliphatic heterocycles. The number of amides is 2. The molecule has 1 heterocycles. The van der Waals surface area contributed by atoms with E-state index in [2.05, 4.69) is 24.7 Å². The highest BCUT2D eigenvalue weighted by molar-refractivity contribution is 7.15. The van der Waals surface area contributed by atoms with Gasteiger partial charge in [-0.15, -0.1) is 11.3 Å². The van der Waals surface area contributed by atoms with Crippen molar-refractivity contribution in [3.8, 4) is 11.5 Å². The Kier molecular flexibility index (Phi) is 7.57. The third-order valence-electron chi connectivity index (χ3n) is 3.84. The molecule has 1 aromatic heterocycles. The van der Waals surface area contributed by atoms with Gasteiger partial charge >= 0.3 is 0 Å². The fourth-order valence-electron chi connectivity index (χ4n) is 2.23. The van der Waals surface area contributed by atoms with Gasteiger partial charge in [0, 0.05) is 5.56 Å². The lowest BCUT2D eigenvalue weighted by atomic mass is 10.1. The molecule has 2 rings (SSSR count). The van der Waals surface area contributed by atoms with Crippen molar-refractivity contribution in [3.63, 3.8) is 0 Å². The summed E-state index contributed by atoms with van der Waals surface area (Å²) in [5.41, 5.74) is 5.00. The van der Waals surface area contributed by atoms with E-state index in [1.807, 2.05) is 0 Å². The summed E-state index contributed by atoms with van der Waals surface area (Å²) < 4.78 is 11.0. The van der Waals surface area contributed by atoms with Gasteiger partial charge in [0.1, 0.15) is 0 Å². The molecule has 0 spiro atoms.